The van der Waals surface area contributed by atoms with E-state index in [-0.39, 0.29) is 28.7 Å². The second-order valence-corrected chi connectivity index (χ2v) is 7.88. The van der Waals surface area contributed by atoms with E-state index in [9.17, 15) is 18.3 Å². The van der Waals surface area contributed by atoms with Gasteiger partial charge < -0.3 is 5.11 Å². The van der Waals surface area contributed by atoms with Gasteiger partial charge in [0.2, 0.25) is 10.0 Å². The molecular weight excluding hydrogens is 326 g/mol. The topological polar surface area (TPSA) is 74.7 Å². The minimum Gasteiger partial charge on any atom is -0.515 e. The van der Waals surface area contributed by atoms with E-state index in [1.807, 2.05) is 0 Å². The van der Waals surface area contributed by atoms with Gasteiger partial charge in [-0.3, -0.25) is 4.79 Å². The van der Waals surface area contributed by atoms with Gasteiger partial charge in [-0.05, 0) is 43.5 Å². The average Bonchev–Trinajstić information content (AvgIpc) is 2.47. The average molecular weight is 342 g/mol. The molecule has 2 saturated heterocycles. The molecule has 0 aliphatic carbocycles. The number of aliphatic hydroxyl groups is 1. The standard InChI is InChI=1S/C15H16ClNO4S/c16-10-4-6-12(7-5-10)22(20,21)17-11-2-1-3-14(17)13(9-18)15(19)8-11/h4-7,9,11,14,18H,1-3,8H2. The van der Waals surface area contributed by atoms with Gasteiger partial charge in [-0.1, -0.05) is 11.6 Å². The maximum Gasteiger partial charge on any atom is 0.243 e. The molecule has 0 spiro atoms. The van der Waals surface area contributed by atoms with Gasteiger partial charge in [-0.15, -0.1) is 0 Å². The molecule has 0 amide bonds. The molecule has 0 aromatic heterocycles. The Labute approximate surface area is 134 Å². The summed E-state index contributed by atoms with van der Waals surface area (Å²) in [5.41, 5.74) is 0.188. The molecule has 2 aliphatic rings. The van der Waals surface area contributed by atoms with Gasteiger partial charge >= 0.3 is 0 Å². The van der Waals surface area contributed by atoms with Crippen LogP contribution in [-0.4, -0.2) is 35.7 Å². The summed E-state index contributed by atoms with van der Waals surface area (Å²) in [7, 11) is -3.73. The number of halogens is 1. The Kier molecular flexibility index (Phi) is 4.01. The lowest BCUT2D eigenvalue weighted by Gasteiger charge is -2.44. The van der Waals surface area contributed by atoms with E-state index in [4.69, 9.17) is 11.6 Å². The van der Waals surface area contributed by atoms with Crippen LogP contribution in [-0.2, 0) is 14.8 Å². The molecule has 7 heteroatoms. The van der Waals surface area contributed by atoms with Crippen LogP contribution in [0.1, 0.15) is 25.7 Å². The monoisotopic (exact) mass is 341 g/mol. The lowest BCUT2D eigenvalue weighted by molar-refractivity contribution is -0.119. The van der Waals surface area contributed by atoms with Gasteiger partial charge in [0.05, 0.1) is 17.2 Å². The van der Waals surface area contributed by atoms with E-state index < -0.39 is 16.1 Å². The van der Waals surface area contributed by atoms with Crippen LogP contribution in [0.5, 0.6) is 0 Å². The minimum absolute atomic E-state index is 0.121. The number of benzene rings is 1. The Hall–Kier alpha value is -1.37. The molecule has 3 rings (SSSR count). The Morgan fingerprint density at radius 1 is 1.23 bits per heavy atom. The molecule has 2 aliphatic heterocycles. The molecule has 1 N–H and O–H groups in total. The Bertz CT molecular complexity index is 726. The lowest BCUT2D eigenvalue weighted by atomic mass is 9.83. The number of carbonyl (C=O) groups excluding carboxylic acids is 1. The predicted octanol–water partition coefficient (Wildman–Crippen LogP) is 2.67. The largest absolute Gasteiger partial charge is 0.515 e. The first-order valence-electron chi connectivity index (χ1n) is 7.11. The molecule has 1 aromatic rings. The highest BCUT2D eigenvalue weighted by Gasteiger charge is 2.47. The van der Waals surface area contributed by atoms with Crippen LogP contribution in [0.4, 0.5) is 0 Å². The third-order valence-electron chi connectivity index (χ3n) is 4.31. The summed E-state index contributed by atoms with van der Waals surface area (Å²) in [5, 5.41) is 9.80. The number of ketones is 1. The van der Waals surface area contributed by atoms with Crippen molar-refractivity contribution in [2.75, 3.05) is 0 Å². The van der Waals surface area contributed by atoms with Gasteiger partial charge in [0.15, 0.2) is 5.78 Å². The van der Waals surface area contributed by atoms with Crippen molar-refractivity contribution in [2.24, 2.45) is 0 Å². The fourth-order valence-corrected chi connectivity index (χ4v) is 5.28. The van der Waals surface area contributed by atoms with Crippen molar-refractivity contribution in [3.05, 3.63) is 41.1 Å². The summed E-state index contributed by atoms with van der Waals surface area (Å²) in [6.07, 6.45) is 2.93. The summed E-state index contributed by atoms with van der Waals surface area (Å²) < 4.78 is 27.3. The fourth-order valence-electron chi connectivity index (χ4n) is 3.31. The summed E-state index contributed by atoms with van der Waals surface area (Å²) >= 11 is 5.81. The molecule has 0 radical (unpaired) electrons. The van der Waals surface area contributed by atoms with Crippen molar-refractivity contribution < 1.29 is 18.3 Å². The molecular formula is C15H16ClNO4S. The zero-order valence-electron chi connectivity index (χ0n) is 11.8. The molecule has 22 heavy (non-hydrogen) atoms. The number of Topliss-reactive ketones (excluding diaryl/α,β-unsaturated/α-hetero) is 1. The van der Waals surface area contributed by atoms with Gasteiger partial charge in [0.1, 0.15) is 0 Å². The molecule has 0 saturated carbocycles. The van der Waals surface area contributed by atoms with Crippen LogP contribution < -0.4 is 0 Å². The highest BCUT2D eigenvalue weighted by molar-refractivity contribution is 7.89. The minimum atomic E-state index is -3.73. The van der Waals surface area contributed by atoms with Gasteiger partial charge in [0.25, 0.3) is 0 Å². The van der Waals surface area contributed by atoms with Crippen LogP contribution in [0.25, 0.3) is 0 Å². The van der Waals surface area contributed by atoms with Crippen molar-refractivity contribution in [3.63, 3.8) is 0 Å². The number of nitrogens with zero attached hydrogens (tertiary/aromatic N) is 1. The first kappa shape index (κ1) is 15.5. The van der Waals surface area contributed by atoms with Crippen molar-refractivity contribution in [3.8, 4) is 0 Å². The van der Waals surface area contributed by atoms with Crippen LogP contribution in [0.2, 0.25) is 5.02 Å². The number of piperidine rings is 2. The van der Waals surface area contributed by atoms with Crippen LogP contribution in [0.15, 0.2) is 41.0 Å². The number of carbonyl (C=O) groups is 1. The van der Waals surface area contributed by atoms with Gasteiger partial charge in [0, 0.05) is 23.1 Å². The SMILES string of the molecule is O=C1CC2CCCC(C1=CO)N2S(=O)(=O)c1ccc(Cl)cc1. The van der Waals surface area contributed by atoms with Gasteiger partial charge in [-0.2, -0.15) is 4.31 Å². The van der Waals surface area contributed by atoms with Crippen LogP contribution in [0.3, 0.4) is 0 Å². The highest BCUT2D eigenvalue weighted by atomic mass is 35.5. The lowest BCUT2D eigenvalue weighted by Crippen LogP contribution is -2.56. The zero-order valence-corrected chi connectivity index (χ0v) is 13.3. The smallest absolute Gasteiger partial charge is 0.243 e. The fraction of sp³-hybridized carbons (Fsp3) is 0.400. The first-order valence-corrected chi connectivity index (χ1v) is 8.93. The summed E-state index contributed by atoms with van der Waals surface area (Å²) in [6, 6.07) is 5.07. The van der Waals surface area contributed by atoms with E-state index in [1.165, 1.54) is 28.6 Å². The summed E-state index contributed by atoms with van der Waals surface area (Å²) in [6.45, 7) is 0. The predicted molar refractivity (Wildman–Crippen MR) is 82.2 cm³/mol. The van der Waals surface area contributed by atoms with Crippen molar-refractivity contribution in [1.82, 2.24) is 4.31 Å². The third-order valence-corrected chi connectivity index (χ3v) is 6.54. The van der Waals surface area contributed by atoms with E-state index in [1.54, 1.807) is 0 Å². The molecule has 5 nitrogen and oxygen atoms in total. The molecule has 118 valence electrons. The number of hydrogen-bond acceptors (Lipinski definition) is 4. The molecule has 2 unspecified atom stereocenters. The first-order chi connectivity index (χ1) is 10.4. The molecule has 2 fully saturated rings. The van der Waals surface area contributed by atoms with Crippen molar-refractivity contribution in [2.45, 2.75) is 42.7 Å². The summed E-state index contributed by atoms with van der Waals surface area (Å²) in [5.74, 6) is -0.167. The molecule has 2 bridgehead atoms. The second-order valence-electron chi connectivity index (χ2n) is 5.60. The van der Waals surface area contributed by atoms with Crippen LogP contribution >= 0.6 is 11.6 Å². The van der Waals surface area contributed by atoms with E-state index >= 15 is 0 Å². The molecule has 1 aromatic carbocycles. The summed E-state index contributed by atoms with van der Waals surface area (Å²) in [4.78, 5) is 12.2. The quantitative estimate of drug-likeness (QED) is 0.663. The number of fused-ring (bicyclic) bond motifs is 2. The zero-order chi connectivity index (χ0) is 15.9. The molecule has 2 atom stereocenters. The normalized spacial score (nSPS) is 28.0. The van der Waals surface area contributed by atoms with E-state index in [0.29, 0.717) is 17.9 Å². The van der Waals surface area contributed by atoms with E-state index in [0.717, 1.165) is 12.7 Å². The van der Waals surface area contributed by atoms with E-state index in [2.05, 4.69) is 0 Å². The Morgan fingerprint density at radius 2 is 1.91 bits per heavy atom. The number of hydrogen-bond donors (Lipinski definition) is 1. The van der Waals surface area contributed by atoms with Crippen molar-refractivity contribution >= 4 is 27.4 Å². The number of sulfonamides is 1. The maximum absolute atomic E-state index is 12.9. The third kappa shape index (κ3) is 2.45. The van der Waals surface area contributed by atoms with Crippen molar-refractivity contribution in [1.29, 1.82) is 0 Å². The van der Waals surface area contributed by atoms with Gasteiger partial charge in [-0.25, -0.2) is 8.42 Å². The highest BCUT2D eigenvalue weighted by Crippen LogP contribution is 2.39. The van der Waals surface area contributed by atoms with Crippen LogP contribution in [0, 0.1) is 0 Å². The number of rotatable bonds is 2. The second kappa shape index (κ2) is 5.68. The molecule has 2 heterocycles. The maximum atomic E-state index is 12.9. The number of aliphatic hydroxyl groups excluding tert-OH is 1. The Balaban J connectivity index is 2.05. The Morgan fingerprint density at radius 3 is 2.55 bits per heavy atom.